The maximum Gasteiger partial charge on any atom is 0.573 e. The van der Waals surface area contributed by atoms with Gasteiger partial charge in [0.25, 0.3) is 0 Å². The molecule has 0 fully saturated rings. The second-order valence-corrected chi connectivity index (χ2v) is 4.46. The molecule has 1 aromatic rings. The lowest BCUT2D eigenvalue weighted by Crippen LogP contribution is -2.20. The maximum atomic E-state index is 12.3. The van der Waals surface area contributed by atoms with Crippen molar-refractivity contribution < 1.29 is 27.4 Å². The fourth-order valence-corrected chi connectivity index (χ4v) is 2.08. The molecule has 0 spiro atoms. The molecule has 0 saturated heterocycles. The number of rotatable bonds is 4. The number of halogens is 5. The van der Waals surface area contributed by atoms with Crippen molar-refractivity contribution >= 4 is 40.2 Å². The molecule has 1 aromatic heterocycles. The first kappa shape index (κ1) is 16.3. The van der Waals surface area contributed by atoms with Crippen molar-refractivity contribution in [3.8, 4) is 5.75 Å². The van der Waals surface area contributed by atoms with Crippen LogP contribution in [0.4, 0.5) is 13.2 Å². The first-order valence-electron chi connectivity index (χ1n) is 4.96. The zero-order valence-electron chi connectivity index (χ0n) is 9.55. The standard InChI is InChI=1S/C10H8ClF3INO3/c1-2-18-9(17)6-4-16-8(15)7(5(6)3-11)19-10(12,13)14/h4H,2-3H2,1H3. The summed E-state index contributed by atoms with van der Waals surface area (Å²) in [6, 6.07) is 0. The number of carbonyl (C=O) groups excluding carboxylic acids is 1. The molecular formula is C10H8ClF3INO3. The van der Waals surface area contributed by atoms with Gasteiger partial charge in [-0.2, -0.15) is 0 Å². The summed E-state index contributed by atoms with van der Waals surface area (Å²) in [6.07, 6.45) is -3.78. The summed E-state index contributed by atoms with van der Waals surface area (Å²) in [7, 11) is 0. The molecule has 0 aliphatic carbocycles. The molecule has 4 nitrogen and oxygen atoms in total. The number of esters is 1. The summed E-state index contributed by atoms with van der Waals surface area (Å²) >= 11 is 7.16. The number of hydrogen-bond acceptors (Lipinski definition) is 4. The van der Waals surface area contributed by atoms with Gasteiger partial charge in [0.1, 0.15) is 3.70 Å². The molecular weight excluding hydrogens is 401 g/mol. The number of nitrogens with zero attached hydrogens (tertiary/aromatic N) is 1. The largest absolute Gasteiger partial charge is 0.573 e. The summed E-state index contributed by atoms with van der Waals surface area (Å²) in [6.45, 7) is 1.66. The Morgan fingerprint density at radius 1 is 1.53 bits per heavy atom. The third kappa shape index (κ3) is 4.37. The topological polar surface area (TPSA) is 48.4 Å². The highest BCUT2D eigenvalue weighted by Crippen LogP contribution is 2.33. The zero-order chi connectivity index (χ0) is 14.6. The molecule has 0 bridgehead atoms. The van der Waals surface area contributed by atoms with E-state index in [-0.39, 0.29) is 27.3 Å². The van der Waals surface area contributed by atoms with Gasteiger partial charge in [0.15, 0.2) is 5.75 Å². The zero-order valence-corrected chi connectivity index (χ0v) is 12.5. The Bertz CT molecular complexity index is 482. The van der Waals surface area contributed by atoms with Gasteiger partial charge in [-0.25, -0.2) is 9.78 Å². The predicted octanol–water partition coefficient (Wildman–Crippen LogP) is 3.50. The highest BCUT2D eigenvalue weighted by molar-refractivity contribution is 14.1. The van der Waals surface area contributed by atoms with Crippen molar-refractivity contribution in [2.75, 3.05) is 6.61 Å². The molecule has 0 amide bonds. The van der Waals surface area contributed by atoms with E-state index in [1.54, 1.807) is 29.5 Å². The summed E-state index contributed by atoms with van der Waals surface area (Å²) in [5, 5.41) is 0. The molecule has 9 heteroatoms. The van der Waals surface area contributed by atoms with Crippen molar-refractivity contribution in [1.82, 2.24) is 4.98 Å². The molecule has 0 unspecified atom stereocenters. The maximum absolute atomic E-state index is 12.3. The van der Waals surface area contributed by atoms with Crippen molar-refractivity contribution in [2.45, 2.75) is 19.2 Å². The van der Waals surface area contributed by atoms with E-state index in [9.17, 15) is 18.0 Å². The molecule has 0 atom stereocenters. The van der Waals surface area contributed by atoms with Crippen LogP contribution in [-0.2, 0) is 10.6 Å². The fraction of sp³-hybridized carbons (Fsp3) is 0.400. The van der Waals surface area contributed by atoms with E-state index in [0.717, 1.165) is 6.20 Å². The Morgan fingerprint density at radius 2 is 2.16 bits per heavy atom. The van der Waals surface area contributed by atoms with Crippen LogP contribution in [0.3, 0.4) is 0 Å². The van der Waals surface area contributed by atoms with Gasteiger partial charge in [0.2, 0.25) is 0 Å². The summed E-state index contributed by atoms with van der Waals surface area (Å²) in [4.78, 5) is 15.3. The molecule has 1 heterocycles. The number of carbonyl (C=O) groups is 1. The van der Waals surface area contributed by atoms with Gasteiger partial charge >= 0.3 is 12.3 Å². The second kappa shape index (κ2) is 6.60. The van der Waals surface area contributed by atoms with Gasteiger partial charge in [0.05, 0.1) is 18.1 Å². The minimum atomic E-state index is -4.89. The van der Waals surface area contributed by atoms with Crippen LogP contribution in [0, 0.1) is 3.70 Å². The van der Waals surface area contributed by atoms with Crippen LogP contribution in [0.25, 0.3) is 0 Å². The lowest BCUT2D eigenvalue weighted by molar-refractivity contribution is -0.275. The molecule has 0 radical (unpaired) electrons. The van der Waals surface area contributed by atoms with E-state index >= 15 is 0 Å². The number of ether oxygens (including phenoxy) is 2. The second-order valence-electron chi connectivity index (χ2n) is 3.17. The van der Waals surface area contributed by atoms with E-state index in [1.165, 1.54) is 0 Å². The summed E-state index contributed by atoms with van der Waals surface area (Å²) < 4.78 is 45.5. The minimum absolute atomic E-state index is 0.0429. The fourth-order valence-electron chi connectivity index (χ4n) is 1.24. The average Bonchev–Trinajstić information content (AvgIpc) is 2.30. The van der Waals surface area contributed by atoms with Crippen LogP contribution in [0.1, 0.15) is 22.8 Å². The first-order chi connectivity index (χ1) is 8.80. The highest BCUT2D eigenvalue weighted by Gasteiger charge is 2.34. The van der Waals surface area contributed by atoms with E-state index in [0.29, 0.717) is 0 Å². The average molecular weight is 410 g/mol. The van der Waals surface area contributed by atoms with Crippen LogP contribution >= 0.6 is 34.2 Å². The number of alkyl halides is 4. The third-order valence-electron chi connectivity index (χ3n) is 1.94. The quantitative estimate of drug-likeness (QED) is 0.331. The first-order valence-corrected chi connectivity index (χ1v) is 6.57. The molecule has 19 heavy (non-hydrogen) atoms. The van der Waals surface area contributed by atoms with Crippen LogP contribution in [0.15, 0.2) is 6.20 Å². The van der Waals surface area contributed by atoms with Gasteiger partial charge in [0, 0.05) is 11.8 Å². The van der Waals surface area contributed by atoms with Crippen LogP contribution in [0.2, 0.25) is 0 Å². The molecule has 0 aliphatic heterocycles. The number of hydrogen-bond donors (Lipinski definition) is 0. The SMILES string of the molecule is CCOC(=O)c1cnc(I)c(OC(F)(F)F)c1CCl. The van der Waals surface area contributed by atoms with Gasteiger partial charge in [-0.1, -0.05) is 0 Å². The predicted molar refractivity (Wildman–Crippen MR) is 69.2 cm³/mol. The Labute approximate surface area is 125 Å². The smallest absolute Gasteiger partial charge is 0.462 e. The normalized spacial score (nSPS) is 11.3. The lowest BCUT2D eigenvalue weighted by Gasteiger charge is -2.15. The third-order valence-corrected chi connectivity index (χ3v) is 2.98. The number of aromatic nitrogens is 1. The van der Waals surface area contributed by atoms with Gasteiger partial charge in [-0.05, 0) is 29.5 Å². The van der Waals surface area contributed by atoms with Crippen molar-refractivity contribution in [2.24, 2.45) is 0 Å². The van der Waals surface area contributed by atoms with Crippen molar-refractivity contribution in [3.05, 3.63) is 21.0 Å². The minimum Gasteiger partial charge on any atom is -0.462 e. The lowest BCUT2D eigenvalue weighted by atomic mass is 10.1. The van der Waals surface area contributed by atoms with Crippen LogP contribution in [-0.4, -0.2) is 23.9 Å². The van der Waals surface area contributed by atoms with Gasteiger partial charge in [-0.15, -0.1) is 24.8 Å². The molecule has 0 N–H and O–H groups in total. The molecule has 1 rings (SSSR count). The molecule has 0 aliphatic rings. The molecule has 106 valence electrons. The monoisotopic (exact) mass is 409 g/mol. The van der Waals surface area contributed by atoms with Gasteiger partial charge in [-0.3, -0.25) is 0 Å². The van der Waals surface area contributed by atoms with Gasteiger partial charge < -0.3 is 9.47 Å². The van der Waals surface area contributed by atoms with E-state index < -0.39 is 18.1 Å². The number of pyridine rings is 1. The molecule has 0 aromatic carbocycles. The van der Waals surface area contributed by atoms with Crippen molar-refractivity contribution in [1.29, 1.82) is 0 Å². The van der Waals surface area contributed by atoms with E-state index in [1.807, 2.05) is 0 Å². The summed E-state index contributed by atoms with van der Waals surface area (Å²) in [5.41, 5.74) is -0.242. The van der Waals surface area contributed by atoms with Crippen LogP contribution in [0.5, 0.6) is 5.75 Å². The Kier molecular flexibility index (Phi) is 5.65. The van der Waals surface area contributed by atoms with E-state index in [4.69, 9.17) is 16.3 Å². The Balaban J connectivity index is 3.29. The van der Waals surface area contributed by atoms with Crippen molar-refractivity contribution in [3.63, 3.8) is 0 Å². The van der Waals surface area contributed by atoms with Crippen LogP contribution < -0.4 is 4.74 Å². The highest BCUT2D eigenvalue weighted by atomic mass is 127. The molecule has 0 saturated carbocycles. The Morgan fingerprint density at radius 3 is 2.63 bits per heavy atom. The van der Waals surface area contributed by atoms with E-state index in [2.05, 4.69) is 9.72 Å². The Hall–Kier alpha value is -0.770. The summed E-state index contributed by atoms with van der Waals surface area (Å²) in [5.74, 6) is -1.71.